The Morgan fingerprint density at radius 3 is 2.18 bits per heavy atom. The highest BCUT2D eigenvalue weighted by Gasteiger charge is 2.12. The third-order valence-corrected chi connectivity index (χ3v) is 4.40. The zero-order chi connectivity index (χ0) is 16.2. The molecule has 0 bridgehead atoms. The van der Waals surface area contributed by atoms with Gasteiger partial charge in [-0.3, -0.25) is 0 Å². The van der Waals surface area contributed by atoms with E-state index in [1.54, 1.807) is 50.4 Å². The number of benzene rings is 2. The van der Waals surface area contributed by atoms with Crippen molar-refractivity contribution in [1.29, 1.82) is 0 Å². The number of aryl methyl sites for hydroxylation is 1. The molecule has 1 N–H and O–H groups in total. The highest BCUT2D eigenvalue weighted by atomic mass is 32.2. The van der Waals surface area contributed by atoms with Crippen LogP contribution < -0.4 is 9.57 Å². The topological polar surface area (TPSA) is 67.8 Å². The molecule has 0 amide bonds. The molecule has 0 spiro atoms. The van der Waals surface area contributed by atoms with Crippen molar-refractivity contribution in [3.63, 3.8) is 0 Å². The lowest BCUT2D eigenvalue weighted by molar-refractivity contribution is 0.415. The molecule has 0 fully saturated rings. The smallest absolute Gasteiger partial charge is 0.276 e. The lowest BCUT2D eigenvalue weighted by Gasteiger charge is -2.06. The van der Waals surface area contributed by atoms with Crippen LogP contribution in [0.3, 0.4) is 0 Å². The van der Waals surface area contributed by atoms with Gasteiger partial charge in [0.2, 0.25) is 0 Å². The third-order valence-electron chi connectivity index (χ3n) is 3.17. The van der Waals surface area contributed by atoms with Crippen LogP contribution in [0.5, 0.6) is 5.75 Å². The monoisotopic (exact) mass is 318 g/mol. The second-order valence-corrected chi connectivity index (χ2v) is 6.49. The fourth-order valence-electron chi connectivity index (χ4n) is 1.80. The highest BCUT2D eigenvalue weighted by Crippen LogP contribution is 2.13. The van der Waals surface area contributed by atoms with E-state index >= 15 is 0 Å². The minimum absolute atomic E-state index is 0.185. The Hall–Kier alpha value is -2.34. The van der Waals surface area contributed by atoms with Crippen molar-refractivity contribution in [2.75, 3.05) is 7.11 Å². The van der Waals surface area contributed by atoms with E-state index in [9.17, 15) is 8.42 Å². The Labute approximate surface area is 130 Å². The fourth-order valence-corrected chi connectivity index (χ4v) is 2.65. The van der Waals surface area contributed by atoms with Crippen molar-refractivity contribution in [1.82, 2.24) is 4.83 Å². The van der Waals surface area contributed by atoms with E-state index in [-0.39, 0.29) is 4.90 Å². The summed E-state index contributed by atoms with van der Waals surface area (Å²) in [4.78, 5) is 2.44. The molecule has 2 aromatic carbocycles. The summed E-state index contributed by atoms with van der Waals surface area (Å²) in [7, 11) is -2.07. The quantitative estimate of drug-likeness (QED) is 0.681. The third kappa shape index (κ3) is 3.85. The largest absolute Gasteiger partial charge is 0.497 e. The molecule has 0 aliphatic carbocycles. The van der Waals surface area contributed by atoms with Crippen LogP contribution in [0.25, 0.3) is 0 Å². The average Bonchev–Trinajstić information content (AvgIpc) is 2.53. The molecule has 116 valence electrons. The van der Waals surface area contributed by atoms with Gasteiger partial charge in [0, 0.05) is 0 Å². The van der Waals surface area contributed by atoms with Crippen LogP contribution in [0.2, 0.25) is 0 Å². The zero-order valence-electron chi connectivity index (χ0n) is 12.7. The number of hydrogen-bond acceptors (Lipinski definition) is 4. The summed E-state index contributed by atoms with van der Waals surface area (Å²) in [6, 6.07) is 13.8. The molecule has 5 nitrogen and oxygen atoms in total. The maximum atomic E-state index is 12.1. The molecule has 2 aromatic rings. The van der Waals surface area contributed by atoms with Crippen molar-refractivity contribution in [2.45, 2.75) is 18.7 Å². The van der Waals surface area contributed by atoms with E-state index in [2.05, 4.69) is 9.93 Å². The molecular weight excluding hydrogens is 300 g/mol. The van der Waals surface area contributed by atoms with Crippen molar-refractivity contribution in [3.8, 4) is 5.75 Å². The van der Waals surface area contributed by atoms with Gasteiger partial charge >= 0.3 is 0 Å². The molecule has 2 rings (SSSR count). The predicted octanol–water partition coefficient (Wildman–Crippen LogP) is 2.71. The van der Waals surface area contributed by atoms with Crippen LogP contribution in [0.1, 0.15) is 18.1 Å². The van der Waals surface area contributed by atoms with Gasteiger partial charge in [-0.2, -0.15) is 18.4 Å². The van der Waals surface area contributed by atoms with E-state index in [4.69, 9.17) is 4.74 Å². The number of nitrogens with one attached hydrogen (secondary N) is 1. The number of hydrazone groups is 1. The number of sulfonamides is 1. The lowest BCUT2D eigenvalue weighted by Crippen LogP contribution is -2.19. The summed E-state index contributed by atoms with van der Waals surface area (Å²) >= 11 is 0. The Bertz CT molecular complexity index is 764. The standard InChI is InChI=1S/C16H18N2O3S/c1-12-4-10-16(11-5-12)22(19,20)18-17-13(2)14-6-8-15(21-3)9-7-14/h4-11,18H,1-3H3/b17-13-. The maximum absolute atomic E-state index is 12.1. The van der Waals surface area contributed by atoms with E-state index in [0.29, 0.717) is 5.71 Å². The summed E-state index contributed by atoms with van der Waals surface area (Å²) in [5.74, 6) is 0.733. The Morgan fingerprint density at radius 2 is 1.64 bits per heavy atom. The van der Waals surface area contributed by atoms with E-state index in [0.717, 1.165) is 16.9 Å². The van der Waals surface area contributed by atoms with Crippen LogP contribution in [-0.4, -0.2) is 21.2 Å². The zero-order valence-corrected chi connectivity index (χ0v) is 13.5. The molecule has 22 heavy (non-hydrogen) atoms. The second kappa shape index (κ2) is 6.62. The molecule has 0 unspecified atom stereocenters. The van der Waals surface area contributed by atoms with Crippen LogP contribution in [0.15, 0.2) is 58.5 Å². The minimum Gasteiger partial charge on any atom is -0.497 e. The molecule has 0 aliphatic heterocycles. The normalized spacial score (nSPS) is 12.0. The Kier molecular flexibility index (Phi) is 4.82. The number of ether oxygens (including phenoxy) is 1. The lowest BCUT2D eigenvalue weighted by atomic mass is 10.1. The number of nitrogens with zero attached hydrogens (tertiary/aromatic N) is 1. The van der Waals surface area contributed by atoms with Gasteiger partial charge in [0.05, 0.1) is 17.7 Å². The molecule has 0 aliphatic rings. The average molecular weight is 318 g/mol. The molecule has 6 heteroatoms. The minimum atomic E-state index is -3.66. The molecule has 0 radical (unpaired) electrons. The summed E-state index contributed by atoms with van der Waals surface area (Å²) in [5.41, 5.74) is 2.38. The van der Waals surface area contributed by atoms with Gasteiger partial charge in [-0.15, -0.1) is 0 Å². The number of hydrogen-bond donors (Lipinski definition) is 1. The van der Waals surface area contributed by atoms with Gasteiger partial charge in [-0.25, -0.2) is 0 Å². The van der Waals surface area contributed by atoms with E-state index in [1.807, 2.05) is 19.1 Å². The molecule has 0 aromatic heterocycles. The van der Waals surface area contributed by atoms with Crippen molar-refractivity contribution in [3.05, 3.63) is 59.7 Å². The van der Waals surface area contributed by atoms with Crippen molar-refractivity contribution < 1.29 is 13.2 Å². The van der Waals surface area contributed by atoms with Crippen LogP contribution in [0.4, 0.5) is 0 Å². The van der Waals surface area contributed by atoms with Gasteiger partial charge in [-0.05, 0) is 55.8 Å². The van der Waals surface area contributed by atoms with Gasteiger partial charge in [0.25, 0.3) is 10.0 Å². The van der Waals surface area contributed by atoms with Crippen LogP contribution >= 0.6 is 0 Å². The maximum Gasteiger partial charge on any atom is 0.276 e. The van der Waals surface area contributed by atoms with E-state index < -0.39 is 10.0 Å². The Balaban J connectivity index is 2.16. The van der Waals surface area contributed by atoms with Gasteiger partial charge in [-0.1, -0.05) is 17.7 Å². The summed E-state index contributed by atoms with van der Waals surface area (Å²) in [6.07, 6.45) is 0. The highest BCUT2D eigenvalue weighted by molar-refractivity contribution is 7.89. The first-order chi connectivity index (χ1) is 10.4. The Morgan fingerprint density at radius 1 is 1.05 bits per heavy atom. The second-order valence-electron chi connectivity index (χ2n) is 4.83. The van der Waals surface area contributed by atoms with Crippen LogP contribution in [0, 0.1) is 6.92 Å². The molecule has 0 saturated carbocycles. The first kappa shape index (κ1) is 16.0. The van der Waals surface area contributed by atoms with Gasteiger partial charge in [0.1, 0.15) is 5.75 Å². The first-order valence-corrected chi connectivity index (χ1v) is 8.18. The van der Waals surface area contributed by atoms with Gasteiger partial charge < -0.3 is 4.74 Å². The fraction of sp³-hybridized carbons (Fsp3) is 0.188. The van der Waals surface area contributed by atoms with Crippen LogP contribution in [-0.2, 0) is 10.0 Å². The number of methoxy groups -OCH3 is 1. The van der Waals surface area contributed by atoms with Crippen molar-refractivity contribution in [2.24, 2.45) is 5.10 Å². The van der Waals surface area contributed by atoms with Gasteiger partial charge in [0.15, 0.2) is 0 Å². The first-order valence-electron chi connectivity index (χ1n) is 6.69. The molecule has 0 saturated heterocycles. The molecular formula is C16H18N2O3S. The van der Waals surface area contributed by atoms with Crippen molar-refractivity contribution >= 4 is 15.7 Å². The predicted molar refractivity (Wildman–Crippen MR) is 86.7 cm³/mol. The summed E-state index contributed by atoms with van der Waals surface area (Å²) in [5, 5.41) is 3.96. The summed E-state index contributed by atoms with van der Waals surface area (Å²) < 4.78 is 29.4. The SMILES string of the molecule is COc1ccc(/C(C)=N\NS(=O)(=O)c2ccc(C)cc2)cc1. The number of rotatable bonds is 5. The molecule has 0 atom stereocenters. The summed E-state index contributed by atoms with van der Waals surface area (Å²) in [6.45, 7) is 3.63. The molecule has 0 heterocycles. The van der Waals surface area contributed by atoms with E-state index in [1.165, 1.54) is 0 Å².